The van der Waals surface area contributed by atoms with E-state index in [4.69, 9.17) is 0 Å². The fourth-order valence-corrected chi connectivity index (χ4v) is 2.65. The molecule has 0 radical (unpaired) electrons. The number of β-amino-alcohol motifs (C(OH)–C–C–N with tert-alkyl or cyclic N) is 1. The van der Waals surface area contributed by atoms with E-state index in [0.717, 1.165) is 6.54 Å². The summed E-state index contributed by atoms with van der Waals surface area (Å²) in [4.78, 5) is 19.0. The number of anilines is 2. The molecule has 2 atom stereocenters. The Bertz CT molecular complexity index is 523. The maximum absolute atomic E-state index is 11.0. The van der Waals surface area contributed by atoms with Gasteiger partial charge >= 0.3 is 0 Å². The fraction of sp³-hybridized carbons (Fsp3) is 0.615. The monoisotopic (exact) mass is 295 g/mol. The van der Waals surface area contributed by atoms with E-state index in [-0.39, 0.29) is 11.7 Å². The average Bonchev–Trinajstić information content (AvgIpc) is 2.78. The number of hydrogen-bond acceptors (Lipinski definition) is 7. The Hall–Kier alpha value is -1.93. The molecule has 0 amide bonds. The van der Waals surface area contributed by atoms with Crippen LogP contribution in [0, 0.1) is 10.1 Å². The summed E-state index contributed by atoms with van der Waals surface area (Å²) in [5.41, 5.74) is -0.00524. The molecule has 0 spiro atoms. The largest absolute Gasteiger partial charge is 0.391 e. The van der Waals surface area contributed by atoms with Gasteiger partial charge in [0.2, 0.25) is 0 Å². The lowest BCUT2D eigenvalue weighted by Crippen LogP contribution is -2.38. The van der Waals surface area contributed by atoms with E-state index in [0.29, 0.717) is 24.6 Å². The molecular formula is C13H21N5O3. The summed E-state index contributed by atoms with van der Waals surface area (Å²) in [7, 11) is 5.59. The van der Waals surface area contributed by atoms with Gasteiger partial charge in [0.05, 0.1) is 23.2 Å². The molecule has 21 heavy (non-hydrogen) atoms. The van der Waals surface area contributed by atoms with E-state index >= 15 is 0 Å². The number of nitro groups is 1. The fourth-order valence-electron chi connectivity index (χ4n) is 2.65. The first-order chi connectivity index (χ1) is 9.90. The van der Waals surface area contributed by atoms with Gasteiger partial charge in [-0.05, 0) is 20.5 Å². The van der Waals surface area contributed by atoms with Crippen LogP contribution in [0.3, 0.4) is 0 Å². The highest BCUT2D eigenvalue weighted by atomic mass is 16.6. The Morgan fingerprint density at radius 1 is 1.57 bits per heavy atom. The zero-order valence-electron chi connectivity index (χ0n) is 12.5. The van der Waals surface area contributed by atoms with Gasteiger partial charge in [-0.25, -0.2) is 4.98 Å². The van der Waals surface area contributed by atoms with Gasteiger partial charge in [0.1, 0.15) is 11.6 Å². The summed E-state index contributed by atoms with van der Waals surface area (Å²) < 4.78 is 0. The van der Waals surface area contributed by atoms with E-state index < -0.39 is 11.0 Å². The summed E-state index contributed by atoms with van der Waals surface area (Å²) in [6, 6.07) is 2.95. The number of nitrogens with one attached hydrogen (secondary N) is 1. The highest BCUT2D eigenvalue weighted by Gasteiger charge is 2.33. The van der Waals surface area contributed by atoms with Gasteiger partial charge in [0.25, 0.3) is 5.69 Å². The number of rotatable bonds is 5. The molecular weight excluding hydrogens is 274 g/mol. The van der Waals surface area contributed by atoms with Crippen LogP contribution >= 0.6 is 0 Å². The Morgan fingerprint density at radius 3 is 2.86 bits per heavy atom. The molecule has 0 saturated carbocycles. The molecule has 1 fully saturated rings. The Morgan fingerprint density at radius 2 is 2.29 bits per heavy atom. The molecule has 0 bridgehead atoms. The van der Waals surface area contributed by atoms with Crippen molar-refractivity contribution < 1.29 is 10.0 Å². The van der Waals surface area contributed by atoms with Crippen LogP contribution in [0.2, 0.25) is 0 Å². The van der Waals surface area contributed by atoms with Crippen molar-refractivity contribution >= 4 is 17.3 Å². The molecule has 1 aromatic rings. The molecule has 1 aliphatic rings. The Labute approximate surface area is 123 Å². The zero-order chi connectivity index (χ0) is 15.6. The minimum absolute atomic E-state index is 0.00524. The summed E-state index contributed by atoms with van der Waals surface area (Å²) in [5, 5.41) is 23.8. The van der Waals surface area contributed by atoms with Crippen molar-refractivity contribution in [3.63, 3.8) is 0 Å². The summed E-state index contributed by atoms with van der Waals surface area (Å²) in [6.07, 6.45) is 0.200. The molecule has 8 nitrogen and oxygen atoms in total. The van der Waals surface area contributed by atoms with Crippen LogP contribution in [-0.2, 0) is 0 Å². The molecule has 0 aromatic carbocycles. The lowest BCUT2D eigenvalue weighted by atomic mass is 10.2. The lowest BCUT2D eigenvalue weighted by Gasteiger charge is -2.27. The van der Waals surface area contributed by atoms with Crippen LogP contribution in [0.25, 0.3) is 0 Å². The van der Waals surface area contributed by atoms with Crippen LogP contribution in [0.4, 0.5) is 17.3 Å². The number of aliphatic hydroxyl groups is 1. The molecule has 2 heterocycles. The van der Waals surface area contributed by atoms with Gasteiger partial charge in [0, 0.05) is 26.2 Å². The van der Waals surface area contributed by atoms with E-state index in [1.807, 2.05) is 23.9 Å². The number of aliphatic hydroxyl groups excluding tert-OH is 1. The first-order valence-electron chi connectivity index (χ1n) is 6.84. The highest BCUT2D eigenvalue weighted by Crippen LogP contribution is 2.29. The molecule has 2 N–H and O–H groups in total. The predicted molar refractivity (Wildman–Crippen MR) is 80.7 cm³/mol. The third-order valence-corrected chi connectivity index (χ3v) is 3.53. The number of nitrogens with zero attached hydrogens (tertiary/aromatic N) is 4. The van der Waals surface area contributed by atoms with Crippen molar-refractivity contribution in [3.8, 4) is 0 Å². The van der Waals surface area contributed by atoms with E-state index in [1.165, 1.54) is 12.1 Å². The van der Waals surface area contributed by atoms with E-state index in [2.05, 4.69) is 10.3 Å². The van der Waals surface area contributed by atoms with Crippen molar-refractivity contribution in [2.75, 3.05) is 44.4 Å². The van der Waals surface area contributed by atoms with Crippen LogP contribution in [0.15, 0.2) is 12.1 Å². The highest BCUT2D eigenvalue weighted by molar-refractivity contribution is 5.56. The molecule has 1 aromatic heterocycles. The van der Waals surface area contributed by atoms with Gasteiger partial charge in [-0.15, -0.1) is 0 Å². The Balaban J connectivity index is 2.34. The maximum Gasteiger partial charge on any atom is 0.276 e. The van der Waals surface area contributed by atoms with Gasteiger partial charge in [-0.1, -0.05) is 0 Å². The van der Waals surface area contributed by atoms with Crippen molar-refractivity contribution in [1.29, 1.82) is 0 Å². The Kier molecular flexibility index (Phi) is 4.59. The van der Waals surface area contributed by atoms with Gasteiger partial charge in [-0.3, -0.25) is 10.1 Å². The number of hydrogen-bond donors (Lipinski definition) is 2. The second kappa shape index (κ2) is 6.23. The first-order valence-corrected chi connectivity index (χ1v) is 6.84. The van der Waals surface area contributed by atoms with E-state index in [9.17, 15) is 15.2 Å². The van der Waals surface area contributed by atoms with Crippen LogP contribution in [0.1, 0.15) is 6.42 Å². The number of pyridine rings is 1. The lowest BCUT2D eigenvalue weighted by molar-refractivity contribution is -0.384. The topological polar surface area (TPSA) is 94.8 Å². The smallest absolute Gasteiger partial charge is 0.276 e. The summed E-state index contributed by atoms with van der Waals surface area (Å²) in [5.74, 6) is 0.973. The van der Waals surface area contributed by atoms with Crippen molar-refractivity contribution in [3.05, 3.63) is 22.2 Å². The van der Waals surface area contributed by atoms with Crippen LogP contribution < -0.4 is 10.2 Å². The third kappa shape index (κ3) is 3.59. The molecule has 1 saturated heterocycles. The molecule has 0 aliphatic carbocycles. The zero-order valence-corrected chi connectivity index (χ0v) is 12.5. The minimum Gasteiger partial charge on any atom is -0.391 e. The van der Waals surface area contributed by atoms with E-state index in [1.54, 1.807) is 7.05 Å². The van der Waals surface area contributed by atoms with Gasteiger partial charge < -0.3 is 20.2 Å². The quantitative estimate of drug-likeness (QED) is 0.604. The predicted octanol–water partition coefficient (Wildman–Crippen LogP) is 0.533. The summed E-state index contributed by atoms with van der Waals surface area (Å²) >= 11 is 0. The normalized spacial score (nSPS) is 21.9. The van der Waals surface area contributed by atoms with Crippen molar-refractivity contribution in [2.45, 2.75) is 18.6 Å². The van der Waals surface area contributed by atoms with Crippen LogP contribution in [0.5, 0.6) is 0 Å². The molecule has 8 heteroatoms. The SMILES string of the molecule is CNc1cc([N+](=O)[O-])cc(N2CC(O)CC2CN(C)C)n1. The molecule has 116 valence electrons. The van der Waals surface area contributed by atoms with Crippen molar-refractivity contribution in [1.82, 2.24) is 9.88 Å². The second-order valence-electron chi connectivity index (χ2n) is 5.53. The minimum atomic E-state index is -0.436. The number of likely N-dealkylation sites (N-methyl/N-ethyl adjacent to an activating group) is 1. The van der Waals surface area contributed by atoms with Crippen LogP contribution in [-0.4, -0.2) is 66.3 Å². The van der Waals surface area contributed by atoms with Crippen molar-refractivity contribution in [2.24, 2.45) is 0 Å². The summed E-state index contributed by atoms with van der Waals surface area (Å²) in [6.45, 7) is 1.20. The average molecular weight is 295 g/mol. The van der Waals surface area contributed by atoms with Gasteiger partial charge in [0.15, 0.2) is 0 Å². The maximum atomic E-state index is 11.0. The van der Waals surface area contributed by atoms with Gasteiger partial charge in [-0.2, -0.15) is 0 Å². The number of aromatic nitrogens is 1. The first kappa shape index (κ1) is 15.5. The molecule has 2 unspecified atom stereocenters. The standard InChI is InChI=1S/C13H21N5O3/c1-14-12-5-9(18(20)21)6-13(15-12)17-8-11(19)4-10(17)7-16(2)3/h5-6,10-11,19H,4,7-8H2,1-3H3,(H,14,15). The second-order valence-corrected chi connectivity index (χ2v) is 5.53. The third-order valence-electron chi connectivity index (χ3n) is 3.53. The molecule has 2 rings (SSSR count). The molecule has 1 aliphatic heterocycles.